The predicted octanol–water partition coefficient (Wildman–Crippen LogP) is 7.35. The maximum absolute atomic E-state index is 15.3. The minimum Gasteiger partial charge on any atom is -0.309 e. The number of rotatable bonds is 5. The normalized spacial score (nSPS) is 11.5. The summed E-state index contributed by atoms with van der Waals surface area (Å²) in [6, 6.07) is 43.6. The number of nitrogens with zero attached hydrogens (tertiary/aromatic N) is 1. The molecule has 0 radical (unpaired) electrons. The first-order valence-electron chi connectivity index (χ1n) is 12.1. The van der Waals surface area contributed by atoms with Crippen molar-refractivity contribution in [1.82, 2.24) is 4.98 Å². The fourth-order valence-corrected chi connectivity index (χ4v) is 7.62. The van der Waals surface area contributed by atoms with Crippen molar-refractivity contribution in [1.29, 1.82) is 0 Å². The topological polar surface area (TPSA) is 30.0 Å². The molecule has 0 amide bonds. The van der Waals surface area contributed by atoms with Gasteiger partial charge in [-0.15, -0.1) is 0 Å². The first-order valence-corrected chi connectivity index (χ1v) is 13.8. The van der Waals surface area contributed by atoms with Gasteiger partial charge in [0.1, 0.15) is 5.82 Å². The number of para-hydroxylation sites is 1. The quantitative estimate of drug-likeness (QED) is 0.232. The lowest BCUT2D eigenvalue weighted by atomic mass is 9.98. The summed E-state index contributed by atoms with van der Waals surface area (Å²) in [5.74, 6) is -0.288. The number of halogens is 1. The molecule has 5 aromatic carbocycles. The van der Waals surface area contributed by atoms with Gasteiger partial charge in [-0.1, -0.05) is 115 Å². The van der Waals surface area contributed by atoms with E-state index in [1.165, 1.54) is 12.1 Å². The lowest BCUT2D eigenvalue weighted by Crippen LogP contribution is -2.26. The Hall–Kier alpha value is -4.33. The zero-order chi connectivity index (χ0) is 25.2. The van der Waals surface area contributed by atoms with Gasteiger partial charge in [-0.05, 0) is 35.4 Å². The summed E-state index contributed by atoms with van der Waals surface area (Å²) in [5.41, 5.74) is 4.19. The van der Waals surface area contributed by atoms with Crippen molar-refractivity contribution in [2.24, 2.45) is 0 Å². The molecule has 0 aliphatic heterocycles. The molecule has 0 saturated heterocycles. The van der Waals surface area contributed by atoms with Crippen LogP contribution in [-0.4, -0.2) is 4.98 Å². The molecule has 0 fully saturated rings. The third-order valence-corrected chi connectivity index (χ3v) is 9.71. The van der Waals surface area contributed by atoms with E-state index < -0.39 is 7.14 Å². The summed E-state index contributed by atoms with van der Waals surface area (Å²) in [6.07, 6.45) is 0. The molecule has 0 saturated carbocycles. The molecule has 0 N–H and O–H groups in total. The third kappa shape index (κ3) is 4.18. The molecule has 4 heteroatoms. The van der Waals surface area contributed by atoms with Crippen molar-refractivity contribution < 1.29 is 8.96 Å². The summed E-state index contributed by atoms with van der Waals surface area (Å²) in [6.45, 7) is 0. The van der Waals surface area contributed by atoms with Crippen LogP contribution < -0.4 is 15.9 Å². The van der Waals surface area contributed by atoms with Crippen molar-refractivity contribution in [3.8, 4) is 22.4 Å². The second kappa shape index (κ2) is 9.61. The molecular weight excluding hydrogens is 476 g/mol. The van der Waals surface area contributed by atoms with Crippen molar-refractivity contribution in [2.75, 3.05) is 0 Å². The van der Waals surface area contributed by atoms with Crippen LogP contribution in [0.25, 0.3) is 33.3 Å². The Bertz CT molecular complexity index is 1690. The van der Waals surface area contributed by atoms with E-state index in [2.05, 4.69) is 0 Å². The molecule has 6 rings (SSSR count). The average molecular weight is 500 g/mol. The maximum Gasteiger partial charge on any atom is 0.173 e. The molecule has 0 unspecified atom stereocenters. The molecular formula is C33H23FNOP. The summed E-state index contributed by atoms with van der Waals surface area (Å²) in [4.78, 5) is 5.12. The van der Waals surface area contributed by atoms with E-state index in [9.17, 15) is 4.39 Å². The number of hydrogen-bond acceptors (Lipinski definition) is 2. The molecule has 0 aliphatic carbocycles. The van der Waals surface area contributed by atoms with E-state index in [1.54, 1.807) is 12.1 Å². The van der Waals surface area contributed by atoms with Gasteiger partial charge in [0.25, 0.3) is 0 Å². The monoisotopic (exact) mass is 499 g/mol. The van der Waals surface area contributed by atoms with Crippen LogP contribution >= 0.6 is 7.14 Å². The fourth-order valence-electron chi connectivity index (χ4n) is 4.82. The summed E-state index contributed by atoms with van der Waals surface area (Å²) < 4.78 is 29.1. The van der Waals surface area contributed by atoms with E-state index >= 15 is 4.57 Å². The molecule has 178 valence electrons. The van der Waals surface area contributed by atoms with Crippen LogP contribution in [0.5, 0.6) is 0 Å². The lowest BCUT2D eigenvalue weighted by molar-refractivity contribution is 0.592. The number of fused-ring (bicyclic) bond motifs is 1. The fraction of sp³-hybridized carbons (Fsp3) is 0. The van der Waals surface area contributed by atoms with Crippen LogP contribution in [0.3, 0.4) is 0 Å². The van der Waals surface area contributed by atoms with Crippen molar-refractivity contribution in [3.63, 3.8) is 0 Å². The molecule has 0 spiro atoms. The molecule has 0 bridgehead atoms. The minimum absolute atomic E-state index is 0.288. The highest BCUT2D eigenvalue weighted by molar-refractivity contribution is 7.85. The summed E-state index contributed by atoms with van der Waals surface area (Å²) in [7, 11) is -3.28. The molecule has 1 heterocycles. The summed E-state index contributed by atoms with van der Waals surface area (Å²) >= 11 is 0. The average Bonchev–Trinajstić information content (AvgIpc) is 2.98. The van der Waals surface area contributed by atoms with Crippen molar-refractivity contribution >= 4 is 34.0 Å². The van der Waals surface area contributed by atoms with E-state index in [0.717, 1.165) is 38.4 Å². The van der Waals surface area contributed by atoms with Gasteiger partial charge in [0.05, 0.1) is 11.2 Å². The Morgan fingerprint density at radius 3 is 1.73 bits per heavy atom. The third-order valence-electron chi connectivity index (χ3n) is 6.62. The van der Waals surface area contributed by atoms with Gasteiger partial charge in [-0.3, -0.25) is 0 Å². The second-order valence-electron chi connectivity index (χ2n) is 8.88. The zero-order valence-corrected chi connectivity index (χ0v) is 20.9. The van der Waals surface area contributed by atoms with Crippen LogP contribution in [0, 0.1) is 5.82 Å². The Morgan fingerprint density at radius 1 is 0.568 bits per heavy atom. The zero-order valence-electron chi connectivity index (χ0n) is 20.0. The standard InChI is InChI=1S/C33H23FNOP/c34-26-21-19-24(20-22-26)30-23-31(25-11-4-1-5-12-25)35-33-29(30)17-10-18-32(33)37(36,27-13-6-2-7-14-27)28-15-8-3-9-16-28/h1-23H. The Kier molecular flexibility index (Phi) is 6.00. The largest absolute Gasteiger partial charge is 0.309 e. The first kappa shape index (κ1) is 23.1. The van der Waals surface area contributed by atoms with Gasteiger partial charge in [-0.25, -0.2) is 9.37 Å². The van der Waals surface area contributed by atoms with Crippen LogP contribution in [0.4, 0.5) is 4.39 Å². The van der Waals surface area contributed by atoms with Gasteiger partial charge in [0.2, 0.25) is 0 Å². The number of aromatic nitrogens is 1. The van der Waals surface area contributed by atoms with Gasteiger partial charge < -0.3 is 4.57 Å². The molecule has 1 aromatic heterocycles. The Morgan fingerprint density at radius 2 is 1.14 bits per heavy atom. The summed E-state index contributed by atoms with van der Waals surface area (Å²) in [5, 5.41) is 3.06. The number of pyridine rings is 1. The van der Waals surface area contributed by atoms with E-state index in [4.69, 9.17) is 4.98 Å². The van der Waals surface area contributed by atoms with Gasteiger partial charge in [0.15, 0.2) is 7.14 Å². The van der Waals surface area contributed by atoms with Crippen LogP contribution in [0.15, 0.2) is 140 Å². The second-order valence-corrected chi connectivity index (χ2v) is 11.6. The van der Waals surface area contributed by atoms with Crippen molar-refractivity contribution in [3.05, 3.63) is 145 Å². The van der Waals surface area contributed by atoms with Gasteiger partial charge in [0, 0.05) is 26.9 Å². The molecule has 0 atom stereocenters. The smallest absolute Gasteiger partial charge is 0.173 e. The molecule has 6 aromatic rings. The highest BCUT2D eigenvalue weighted by atomic mass is 31.2. The SMILES string of the molecule is O=P(c1ccccc1)(c1ccccc1)c1cccc2c(-c3ccc(F)cc3)cc(-c3ccccc3)nc12. The number of benzene rings is 5. The van der Waals surface area contributed by atoms with Gasteiger partial charge in [-0.2, -0.15) is 0 Å². The highest BCUT2D eigenvalue weighted by Gasteiger charge is 2.32. The van der Waals surface area contributed by atoms with Gasteiger partial charge >= 0.3 is 0 Å². The highest BCUT2D eigenvalue weighted by Crippen LogP contribution is 2.45. The Balaban J connectivity index is 1.72. The van der Waals surface area contributed by atoms with Crippen molar-refractivity contribution in [2.45, 2.75) is 0 Å². The van der Waals surface area contributed by atoms with Crippen LogP contribution in [0.1, 0.15) is 0 Å². The minimum atomic E-state index is -3.28. The van der Waals surface area contributed by atoms with E-state index in [0.29, 0.717) is 10.8 Å². The van der Waals surface area contributed by atoms with Crippen LogP contribution in [0.2, 0.25) is 0 Å². The molecule has 37 heavy (non-hydrogen) atoms. The molecule has 2 nitrogen and oxygen atoms in total. The number of hydrogen-bond donors (Lipinski definition) is 0. The lowest BCUT2D eigenvalue weighted by Gasteiger charge is -2.22. The Labute approximate surface area is 215 Å². The maximum atomic E-state index is 15.3. The van der Waals surface area contributed by atoms with E-state index in [1.807, 2.05) is 115 Å². The van der Waals surface area contributed by atoms with Crippen LogP contribution in [-0.2, 0) is 4.57 Å². The first-order chi connectivity index (χ1) is 18.1. The molecule has 0 aliphatic rings. The predicted molar refractivity (Wildman–Crippen MR) is 152 cm³/mol. The van der Waals surface area contributed by atoms with E-state index in [-0.39, 0.29) is 5.82 Å².